The second kappa shape index (κ2) is 7.04. The number of sulfone groups is 1. The second-order valence-corrected chi connectivity index (χ2v) is 7.84. The largest absolute Gasteiger partial charge is 0.497 e. The van der Waals surface area contributed by atoms with Crippen molar-refractivity contribution in [3.8, 4) is 5.75 Å². The van der Waals surface area contributed by atoms with Gasteiger partial charge in [0.15, 0.2) is 9.84 Å². The van der Waals surface area contributed by atoms with Crippen LogP contribution in [-0.4, -0.2) is 50.6 Å². The molecule has 1 saturated heterocycles. The molecule has 0 radical (unpaired) electrons. The van der Waals surface area contributed by atoms with Crippen molar-refractivity contribution in [1.29, 1.82) is 0 Å². The first kappa shape index (κ1) is 17.3. The number of amides is 2. The number of urea groups is 1. The average molecular weight is 338 g/mol. The Balaban J connectivity index is 2.14. The Morgan fingerprint density at radius 3 is 2.78 bits per heavy atom. The van der Waals surface area contributed by atoms with Crippen LogP contribution in [0.3, 0.4) is 0 Å². The first-order valence-corrected chi connectivity index (χ1v) is 9.22. The van der Waals surface area contributed by atoms with Crippen molar-refractivity contribution in [2.75, 3.05) is 30.5 Å². The predicted octanol–water partition coefficient (Wildman–Crippen LogP) is 2.21. The fourth-order valence-corrected chi connectivity index (χ4v) is 4.38. The van der Waals surface area contributed by atoms with E-state index in [1.165, 1.54) is 4.90 Å². The van der Waals surface area contributed by atoms with Gasteiger partial charge < -0.3 is 15.0 Å². The summed E-state index contributed by atoms with van der Waals surface area (Å²) in [6.07, 6.45) is 2.07. The van der Waals surface area contributed by atoms with Gasteiger partial charge in [0.1, 0.15) is 5.75 Å². The summed E-state index contributed by atoms with van der Waals surface area (Å²) in [5, 5.41) is 2.84. The second-order valence-electron chi connectivity index (χ2n) is 5.61. The summed E-state index contributed by atoms with van der Waals surface area (Å²) >= 11 is 0. The van der Waals surface area contributed by atoms with Crippen molar-refractivity contribution < 1.29 is 17.9 Å². The van der Waals surface area contributed by atoms with Gasteiger partial charge in [0.2, 0.25) is 0 Å². The van der Waals surface area contributed by atoms with Gasteiger partial charge in [-0.05, 0) is 37.1 Å². The summed E-state index contributed by atoms with van der Waals surface area (Å²) < 4.78 is 28.5. The zero-order valence-corrected chi connectivity index (χ0v) is 14.2. The van der Waals surface area contributed by atoms with Gasteiger partial charge in [-0.1, -0.05) is 6.08 Å². The molecule has 1 aliphatic rings. The van der Waals surface area contributed by atoms with E-state index in [0.717, 1.165) is 5.56 Å². The lowest BCUT2D eigenvalue weighted by Crippen LogP contribution is -2.43. The lowest BCUT2D eigenvalue weighted by Gasteiger charge is -2.27. The van der Waals surface area contributed by atoms with E-state index >= 15 is 0 Å². The van der Waals surface area contributed by atoms with E-state index in [0.29, 0.717) is 24.4 Å². The summed E-state index contributed by atoms with van der Waals surface area (Å²) in [6.45, 7) is 5.83. The number of carbonyl (C=O) groups excluding carboxylic acids is 1. The maximum Gasteiger partial charge on any atom is 0.322 e. The third-order valence-corrected chi connectivity index (χ3v) is 5.66. The van der Waals surface area contributed by atoms with E-state index in [-0.39, 0.29) is 23.6 Å². The van der Waals surface area contributed by atoms with E-state index in [2.05, 4.69) is 11.9 Å². The molecule has 0 bridgehead atoms. The highest BCUT2D eigenvalue weighted by atomic mass is 32.2. The smallest absolute Gasteiger partial charge is 0.322 e. The predicted molar refractivity (Wildman–Crippen MR) is 90.7 cm³/mol. The molecule has 2 amide bonds. The molecule has 0 aliphatic carbocycles. The Morgan fingerprint density at radius 1 is 1.52 bits per heavy atom. The van der Waals surface area contributed by atoms with Crippen molar-refractivity contribution in [2.45, 2.75) is 19.4 Å². The highest BCUT2D eigenvalue weighted by Gasteiger charge is 2.34. The third kappa shape index (κ3) is 4.25. The molecule has 23 heavy (non-hydrogen) atoms. The number of anilines is 1. The zero-order valence-electron chi connectivity index (χ0n) is 13.4. The number of ether oxygens (including phenoxy) is 1. The highest BCUT2D eigenvalue weighted by molar-refractivity contribution is 7.91. The van der Waals surface area contributed by atoms with Gasteiger partial charge in [-0.15, -0.1) is 6.58 Å². The number of carbonyl (C=O) groups is 1. The minimum atomic E-state index is -3.05. The first-order chi connectivity index (χ1) is 10.9. The summed E-state index contributed by atoms with van der Waals surface area (Å²) in [5.41, 5.74) is 1.54. The van der Waals surface area contributed by atoms with Gasteiger partial charge in [-0.3, -0.25) is 0 Å². The van der Waals surface area contributed by atoms with E-state index in [9.17, 15) is 13.2 Å². The number of methoxy groups -OCH3 is 1. The van der Waals surface area contributed by atoms with Crippen LogP contribution in [0.15, 0.2) is 30.9 Å². The molecular formula is C16H22N2O4S. The summed E-state index contributed by atoms with van der Waals surface area (Å²) in [5.74, 6) is 0.848. The Kier molecular flexibility index (Phi) is 5.30. The molecule has 1 aliphatic heterocycles. The first-order valence-electron chi connectivity index (χ1n) is 7.40. The molecule has 2 rings (SSSR count). The monoisotopic (exact) mass is 338 g/mol. The van der Waals surface area contributed by atoms with Crippen LogP contribution in [0.2, 0.25) is 0 Å². The van der Waals surface area contributed by atoms with Gasteiger partial charge in [-0.25, -0.2) is 13.2 Å². The molecule has 0 spiro atoms. The van der Waals surface area contributed by atoms with Crippen LogP contribution >= 0.6 is 0 Å². The van der Waals surface area contributed by atoms with E-state index in [4.69, 9.17) is 4.74 Å². The average Bonchev–Trinajstić information content (AvgIpc) is 2.86. The van der Waals surface area contributed by atoms with Crippen LogP contribution in [0.1, 0.15) is 12.0 Å². The quantitative estimate of drug-likeness (QED) is 0.835. The van der Waals surface area contributed by atoms with Crippen molar-refractivity contribution >= 4 is 21.6 Å². The van der Waals surface area contributed by atoms with Crippen molar-refractivity contribution in [1.82, 2.24) is 4.90 Å². The van der Waals surface area contributed by atoms with Crippen LogP contribution in [-0.2, 0) is 9.84 Å². The number of nitrogens with zero attached hydrogens (tertiary/aromatic N) is 1. The number of hydrogen-bond donors (Lipinski definition) is 1. The van der Waals surface area contributed by atoms with E-state index in [1.54, 1.807) is 25.3 Å². The Morgan fingerprint density at radius 2 is 2.26 bits per heavy atom. The Hall–Kier alpha value is -2.02. The minimum Gasteiger partial charge on any atom is -0.497 e. The lowest BCUT2D eigenvalue weighted by molar-refractivity contribution is 0.201. The molecule has 7 heteroatoms. The lowest BCUT2D eigenvalue weighted by atomic mass is 10.2. The number of benzene rings is 1. The summed E-state index contributed by atoms with van der Waals surface area (Å²) in [6, 6.07) is 4.73. The van der Waals surface area contributed by atoms with Crippen molar-refractivity contribution in [2.24, 2.45) is 0 Å². The van der Waals surface area contributed by atoms with Gasteiger partial charge in [0.25, 0.3) is 0 Å². The molecule has 126 valence electrons. The van der Waals surface area contributed by atoms with Gasteiger partial charge >= 0.3 is 6.03 Å². The topological polar surface area (TPSA) is 75.7 Å². The number of hydrogen-bond acceptors (Lipinski definition) is 4. The number of nitrogens with one attached hydrogen (secondary N) is 1. The standard InChI is InChI=1S/C16H22N2O4S/c1-4-8-18(13-7-9-23(20,21)11-13)16(19)17-15-6-5-14(22-3)10-12(15)2/h4-6,10,13H,1,7-9,11H2,2-3H3,(H,17,19). The number of rotatable bonds is 5. The zero-order chi connectivity index (χ0) is 17.0. The third-order valence-electron chi connectivity index (χ3n) is 3.91. The molecule has 1 aromatic rings. The minimum absolute atomic E-state index is 0.00978. The molecule has 6 nitrogen and oxygen atoms in total. The molecule has 1 atom stereocenters. The maximum atomic E-state index is 12.5. The van der Waals surface area contributed by atoms with Crippen LogP contribution in [0.4, 0.5) is 10.5 Å². The summed E-state index contributed by atoms with van der Waals surface area (Å²) in [4.78, 5) is 14.1. The number of aryl methyl sites for hydroxylation is 1. The molecule has 0 aromatic heterocycles. The molecule has 1 fully saturated rings. The molecule has 1 unspecified atom stereocenters. The SMILES string of the molecule is C=CCN(C(=O)Nc1ccc(OC)cc1C)C1CCS(=O)(=O)C1. The fraction of sp³-hybridized carbons (Fsp3) is 0.438. The molecular weight excluding hydrogens is 316 g/mol. The van der Waals surface area contributed by atoms with Crippen LogP contribution < -0.4 is 10.1 Å². The van der Waals surface area contributed by atoms with Crippen molar-refractivity contribution in [3.63, 3.8) is 0 Å². The molecule has 0 saturated carbocycles. The van der Waals surface area contributed by atoms with Gasteiger partial charge in [0.05, 0.1) is 18.6 Å². The van der Waals surface area contributed by atoms with E-state index < -0.39 is 9.84 Å². The van der Waals surface area contributed by atoms with E-state index in [1.807, 2.05) is 13.0 Å². The van der Waals surface area contributed by atoms with Crippen LogP contribution in [0.25, 0.3) is 0 Å². The normalized spacial score (nSPS) is 19.1. The molecule has 1 heterocycles. The Labute approximate surface area is 137 Å². The van der Waals surface area contributed by atoms with Crippen molar-refractivity contribution in [3.05, 3.63) is 36.4 Å². The van der Waals surface area contributed by atoms with Crippen LogP contribution in [0, 0.1) is 6.92 Å². The van der Waals surface area contributed by atoms with Gasteiger partial charge in [-0.2, -0.15) is 0 Å². The van der Waals surface area contributed by atoms with Crippen LogP contribution in [0.5, 0.6) is 5.75 Å². The highest BCUT2D eigenvalue weighted by Crippen LogP contribution is 2.23. The van der Waals surface area contributed by atoms with Gasteiger partial charge in [0, 0.05) is 18.3 Å². The summed E-state index contributed by atoms with van der Waals surface area (Å²) in [7, 11) is -1.47. The maximum absolute atomic E-state index is 12.5. The molecule has 1 aromatic carbocycles. The molecule has 1 N–H and O–H groups in total. The fourth-order valence-electron chi connectivity index (χ4n) is 2.65. The Bertz CT molecular complexity index is 700.